The summed E-state index contributed by atoms with van der Waals surface area (Å²) in [6.45, 7) is 2.00. The number of nitrogens with one attached hydrogen (secondary N) is 2. The first-order chi connectivity index (χ1) is 16.4. The van der Waals surface area contributed by atoms with Gasteiger partial charge in [0.25, 0.3) is 5.91 Å². The Balaban J connectivity index is 1.33. The molecule has 0 aliphatic heterocycles. The van der Waals surface area contributed by atoms with Crippen LogP contribution in [0.4, 0.5) is 11.8 Å². The van der Waals surface area contributed by atoms with Gasteiger partial charge in [-0.1, -0.05) is 15.9 Å². The molecule has 178 valence electrons. The largest absolute Gasteiger partial charge is 0.438 e. The van der Waals surface area contributed by atoms with Crippen LogP contribution in [0.5, 0.6) is 11.6 Å². The lowest BCUT2D eigenvalue weighted by Gasteiger charge is -2.30. The molecule has 1 fully saturated rings. The summed E-state index contributed by atoms with van der Waals surface area (Å²) in [5, 5.41) is 6.61. The topological polar surface area (TPSA) is 92.3 Å². The summed E-state index contributed by atoms with van der Waals surface area (Å²) in [4.78, 5) is 28.3. The molecular weight excluding hydrogens is 496 g/mol. The second-order valence-electron chi connectivity index (χ2n) is 8.67. The first-order valence-electron chi connectivity index (χ1n) is 11.4. The number of amides is 1. The highest BCUT2D eigenvalue weighted by Crippen LogP contribution is 2.26. The molecule has 1 aromatic carbocycles. The van der Waals surface area contributed by atoms with Crippen molar-refractivity contribution in [1.82, 2.24) is 20.3 Å². The molecule has 0 bridgehead atoms. The van der Waals surface area contributed by atoms with E-state index in [0.717, 1.165) is 41.5 Å². The molecule has 0 unspecified atom stereocenters. The van der Waals surface area contributed by atoms with E-state index in [2.05, 4.69) is 41.5 Å². The van der Waals surface area contributed by atoms with E-state index in [-0.39, 0.29) is 18.0 Å². The molecule has 1 aliphatic carbocycles. The summed E-state index contributed by atoms with van der Waals surface area (Å²) >= 11 is 3.41. The standard InChI is InChI=1S/C25H29BrN6O2/c1-16-15-28-25(31-22(16)32(2)3)30-19-10-8-18(9-11-19)29-23(33)21-5-4-14-27-24(21)34-20-12-6-17(26)7-13-20/h4-7,12-15,18-19H,8-11H2,1-3H3,(H,29,33)(H,28,30,31)/t18-,19+. The molecule has 2 heterocycles. The Labute approximate surface area is 208 Å². The maximum absolute atomic E-state index is 13.0. The van der Waals surface area contributed by atoms with Crippen molar-refractivity contribution in [3.8, 4) is 11.6 Å². The van der Waals surface area contributed by atoms with Gasteiger partial charge in [0.05, 0.1) is 0 Å². The third kappa shape index (κ3) is 6.02. The highest BCUT2D eigenvalue weighted by atomic mass is 79.9. The fourth-order valence-corrected chi connectivity index (χ4v) is 4.31. The average molecular weight is 525 g/mol. The van der Waals surface area contributed by atoms with Gasteiger partial charge in [0.2, 0.25) is 11.8 Å². The van der Waals surface area contributed by atoms with Gasteiger partial charge >= 0.3 is 0 Å². The lowest BCUT2D eigenvalue weighted by Crippen LogP contribution is -2.40. The molecule has 1 amide bonds. The molecule has 0 radical (unpaired) electrons. The molecule has 1 saturated carbocycles. The van der Waals surface area contributed by atoms with Crippen molar-refractivity contribution in [2.75, 3.05) is 24.3 Å². The Bertz CT molecular complexity index is 1130. The van der Waals surface area contributed by atoms with E-state index in [4.69, 9.17) is 4.74 Å². The number of nitrogens with zero attached hydrogens (tertiary/aromatic N) is 4. The lowest BCUT2D eigenvalue weighted by molar-refractivity contribution is 0.0923. The third-order valence-corrected chi connectivity index (χ3v) is 6.34. The van der Waals surface area contributed by atoms with Crippen LogP contribution in [0.15, 0.2) is 53.3 Å². The van der Waals surface area contributed by atoms with Crippen molar-refractivity contribution in [2.45, 2.75) is 44.7 Å². The minimum absolute atomic E-state index is 0.0996. The van der Waals surface area contributed by atoms with Gasteiger partial charge in [0.15, 0.2) is 0 Å². The average Bonchev–Trinajstić information content (AvgIpc) is 2.83. The van der Waals surface area contributed by atoms with Crippen LogP contribution in [0.2, 0.25) is 0 Å². The van der Waals surface area contributed by atoms with E-state index in [1.165, 1.54) is 0 Å². The fraction of sp³-hybridized carbons (Fsp3) is 0.360. The van der Waals surface area contributed by atoms with E-state index in [1.54, 1.807) is 18.3 Å². The molecule has 0 saturated heterocycles. The van der Waals surface area contributed by atoms with Gasteiger partial charge in [-0.25, -0.2) is 9.97 Å². The van der Waals surface area contributed by atoms with Crippen LogP contribution >= 0.6 is 15.9 Å². The minimum Gasteiger partial charge on any atom is -0.438 e. The number of ether oxygens (including phenoxy) is 1. The minimum atomic E-state index is -0.172. The zero-order chi connectivity index (χ0) is 24.1. The van der Waals surface area contributed by atoms with E-state index < -0.39 is 0 Å². The molecule has 2 aromatic heterocycles. The van der Waals surface area contributed by atoms with Crippen LogP contribution in [0.1, 0.15) is 41.6 Å². The van der Waals surface area contributed by atoms with Crippen molar-refractivity contribution in [2.24, 2.45) is 0 Å². The second-order valence-corrected chi connectivity index (χ2v) is 9.59. The summed E-state index contributed by atoms with van der Waals surface area (Å²) in [7, 11) is 3.95. The van der Waals surface area contributed by atoms with Gasteiger partial charge in [0, 0.05) is 48.6 Å². The van der Waals surface area contributed by atoms with Crippen molar-refractivity contribution < 1.29 is 9.53 Å². The number of halogens is 1. The molecule has 0 spiro atoms. The SMILES string of the molecule is Cc1cnc(N[C@H]2CC[C@@H](NC(=O)c3cccnc3Oc3ccc(Br)cc3)CC2)nc1N(C)C. The highest BCUT2D eigenvalue weighted by Gasteiger charge is 2.25. The van der Waals surface area contributed by atoms with E-state index in [1.807, 2.05) is 56.4 Å². The first-order valence-corrected chi connectivity index (χ1v) is 12.1. The number of anilines is 2. The van der Waals surface area contributed by atoms with E-state index in [0.29, 0.717) is 23.1 Å². The van der Waals surface area contributed by atoms with Gasteiger partial charge in [0.1, 0.15) is 17.1 Å². The number of benzene rings is 1. The van der Waals surface area contributed by atoms with Gasteiger partial charge in [-0.2, -0.15) is 4.98 Å². The Hall–Kier alpha value is -3.20. The maximum atomic E-state index is 13.0. The number of rotatable bonds is 7. The van der Waals surface area contributed by atoms with Crippen LogP contribution < -0.4 is 20.3 Å². The number of hydrogen-bond acceptors (Lipinski definition) is 7. The van der Waals surface area contributed by atoms with Gasteiger partial charge in [-0.15, -0.1) is 0 Å². The van der Waals surface area contributed by atoms with Crippen LogP contribution in [-0.4, -0.2) is 47.0 Å². The summed E-state index contributed by atoms with van der Waals surface area (Å²) < 4.78 is 6.83. The molecule has 9 heteroatoms. The van der Waals surface area contributed by atoms with E-state index in [9.17, 15) is 4.79 Å². The predicted octanol–water partition coefficient (Wildman–Crippen LogP) is 4.95. The van der Waals surface area contributed by atoms with Crippen molar-refractivity contribution in [3.05, 3.63) is 64.4 Å². The van der Waals surface area contributed by atoms with E-state index >= 15 is 0 Å². The van der Waals surface area contributed by atoms with Gasteiger partial charge in [-0.05, 0) is 69.0 Å². The predicted molar refractivity (Wildman–Crippen MR) is 137 cm³/mol. The normalized spacial score (nSPS) is 17.6. The molecule has 0 atom stereocenters. The molecule has 8 nitrogen and oxygen atoms in total. The van der Waals surface area contributed by atoms with Gasteiger partial charge in [-0.3, -0.25) is 4.79 Å². The summed E-state index contributed by atoms with van der Waals surface area (Å²) in [6, 6.07) is 11.3. The molecule has 34 heavy (non-hydrogen) atoms. The van der Waals surface area contributed by atoms with Crippen molar-refractivity contribution >= 4 is 33.6 Å². The Morgan fingerprint density at radius 1 is 1.06 bits per heavy atom. The zero-order valence-electron chi connectivity index (χ0n) is 19.6. The Kier molecular flexibility index (Phi) is 7.62. The monoisotopic (exact) mass is 524 g/mol. The Morgan fingerprint density at radius 2 is 1.76 bits per heavy atom. The fourth-order valence-electron chi connectivity index (χ4n) is 4.04. The summed E-state index contributed by atoms with van der Waals surface area (Å²) in [5.41, 5.74) is 1.47. The zero-order valence-corrected chi connectivity index (χ0v) is 21.2. The van der Waals surface area contributed by atoms with Crippen molar-refractivity contribution in [1.29, 1.82) is 0 Å². The molecule has 2 N–H and O–H groups in total. The van der Waals surface area contributed by atoms with Crippen LogP contribution in [0.3, 0.4) is 0 Å². The summed E-state index contributed by atoms with van der Waals surface area (Å²) in [5.74, 6) is 2.31. The van der Waals surface area contributed by atoms with Crippen LogP contribution in [-0.2, 0) is 0 Å². The number of aryl methyl sites for hydroxylation is 1. The summed E-state index contributed by atoms with van der Waals surface area (Å²) in [6.07, 6.45) is 7.07. The van der Waals surface area contributed by atoms with Crippen molar-refractivity contribution in [3.63, 3.8) is 0 Å². The molecular formula is C25H29BrN6O2. The second kappa shape index (κ2) is 10.8. The molecule has 4 rings (SSSR count). The number of hydrogen-bond donors (Lipinski definition) is 2. The third-order valence-electron chi connectivity index (χ3n) is 5.81. The lowest BCUT2D eigenvalue weighted by atomic mass is 9.91. The van der Waals surface area contributed by atoms with Crippen LogP contribution in [0.25, 0.3) is 0 Å². The van der Waals surface area contributed by atoms with Crippen LogP contribution in [0, 0.1) is 6.92 Å². The quantitative estimate of drug-likeness (QED) is 0.451. The Morgan fingerprint density at radius 3 is 2.47 bits per heavy atom. The number of carbonyl (C=O) groups is 1. The smallest absolute Gasteiger partial charge is 0.257 e. The number of aromatic nitrogens is 3. The maximum Gasteiger partial charge on any atom is 0.257 e. The highest BCUT2D eigenvalue weighted by molar-refractivity contribution is 9.10. The first kappa shape index (κ1) is 23.9. The number of carbonyl (C=O) groups excluding carboxylic acids is 1. The van der Waals surface area contributed by atoms with Gasteiger partial charge < -0.3 is 20.3 Å². The number of pyridine rings is 1. The molecule has 3 aromatic rings. The molecule has 1 aliphatic rings.